The lowest BCUT2D eigenvalue weighted by molar-refractivity contribution is -0.147. The predicted molar refractivity (Wildman–Crippen MR) is 97.0 cm³/mol. The molecule has 138 valence electrons. The topological polar surface area (TPSA) is 71.6 Å². The van der Waals surface area contributed by atoms with Gasteiger partial charge in [-0.3, -0.25) is 9.59 Å². The number of esters is 1. The zero-order valence-electron chi connectivity index (χ0n) is 15.2. The number of H-pyrrole nitrogens is 1. The molecule has 1 saturated heterocycles. The van der Waals surface area contributed by atoms with Crippen LogP contribution >= 0.6 is 0 Å². The number of ether oxygens (including phenoxy) is 2. The first-order valence-electron chi connectivity index (χ1n) is 9.24. The summed E-state index contributed by atoms with van der Waals surface area (Å²) in [5.41, 5.74) is 3.45. The Morgan fingerprint density at radius 1 is 1.38 bits per heavy atom. The second kappa shape index (κ2) is 6.67. The van der Waals surface area contributed by atoms with E-state index in [1.807, 2.05) is 17.0 Å². The highest BCUT2D eigenvalue weighted by Gasteiger charge is 2.40. The fraction of sp³-hybridized carbons (Fsp3) is 0.500. The molecule has 0 bridgehead atoms. The molecule has 1 aromatic heterocycles. The Hall–Kier alpha value is -2.50. The van der Waals surface area contributed by atoms with Gasteiger partial charge >= 0.3 is 5.97 Å². The molecule has 0 radical (unpaired) electrons. The summed E-state index contributed by atoms with van der Waals surface area (Å²) in [5.74, 6) is 0.796. The van der Waals surface area contributed by atoms with Crippen LogP contribution in [0.2, 0.25) is 0 Å². The highest BCUT2D eigenvalue weighted by Crippen LogP contribution is 2.43. The lowest BCUT2D eigenvalue weighted by Crippen LogP contribution is -2.45. The molecule has 0 spiro atoms. The number of methoxy groups -OCH3 is 1. The van der Waals surface area contributed by atoms with Crippen LogP contribution < -0.4 is 4.74 Å². The van der Waals surface area contributed by atoms with Gasteiger partial charge in [0, 0.05) is 36.0 Å². The van der Waals surface area contributed by atoms with E-state index >= 15 is 0 Å². The molecule has 1 aromatic carbocycles. The van der Waals surface area contributed by atoms with Crippen molar-refractivity contribution >= 4 is 22.8 Å². The van der Waals surface area contributed by atoms with E-state index in [0.717, 1.165) is 36.3 Å². The summed E-state index contributed by atoms with van der Waals surface area (Å²) in [6.45, 7) is 2.91. The number of piperidine rings is 1. The third kappa shape index (κ3) is 2.83. The molecule has 1 N–H and O–H groups in total. The molecule has 6 nitrogen and oxygen atoms in total. The predicted octanol–water partition coefficient (Wildman–Crippen LogP) is 2.97. The second-order valence-corrected chi connectivity index (χ2v) is 7.10. The Kier molecular flexibility index (Phi) is 4.34. The average molecular weight is 356 g/mol. The van der Waals surface area contributed by atoms with Crippen molar-refractivity contribution in [1.29, 1.82) is 0 Å². The number of carbonyl (C=O) groups excluding carboxylic acids is 2. The molecule has 1 amide bonds. The maximum Gasteiger partial charge on any atom is 0.306 e. The Balaban J connectivity index is 1.66. The lowest BCUT2D eigenvalue weighted by atomic mass is 9.83. The number of aromatic nitrogens is 1. The summed E-state index contributed by atoms with van der Waals surface area (Å²) < 4.78 is 10.4. The van der Waals surface area contributed by atoms with Gasteiger partial charge in [-0.25, -0.2) is 0 Å². The highest BCUT2D eigenvalue weighted by molar-refractivity contribution is 5.88. The molecule has 6 heteroatoms. The van der Waals surface area contributed by atoms with Gasteiger partial charge in [-0.1, -0.05) is 0 Å². The van der Waals surface area contributed by atoms with Gasteiger partial charge in [-0.15, -0.1) is 0 Å². The van der Waals surface area contributed by atoms with E-state index in [1.165, 1.54) is 10.9 Å². The number of fused-ring (bicyclic) bond motifs is 5. The van der Waals surface area contributed by atoms with Gasteiger partial charge in [0.1, 0.15) is 5.75 Å². The summed E-state index contributed by atoms with van der Waals surface area (Å²) in [5, 5.41) is 1.17. The van der Waals surface area contributed by atoms with Crippen LogP contribution in [0.25, 0.3) is 10.9 Å². The fourth-order valence-electron chi connectivity index (χ4n) is 4.39. The van der Waals surface area contributed by atoms with Crippen molar-refractivity contribution < 1.29 is 19.1 Å². The average Bonchev–Trinajstić information content (AvgIpc) is 3.00. The van der Waals surface area contributed by atoms with Crippen LogP contribution in [0.15, 0.2) is 18.2 Å². The number of hydrogen-bond acceptors (Lipinski definition) is 4. The lowest BCUT2D eigenvalue weighted by Gasteiger charge is -2.42. The standard InChI is InChI=1S/C20H24N2O4/c1-3-26-19(24)10-12-8-17-20-14(6-7-22(17)18(23)9-12)15-11-13(25-2)4-5-16(15)21-20/h4-5,11-12,17,21H,3,6-10H2,1-2H3/t12-,17-/m0/s1. The van der Waals surface area contributed by atoms with Crippen molar-refractivity contribution in [2.45, 2.75) is 38.6 Å². The Labute approximate surface area is 152 Å². The highest BCUT2D eigenvalue weighted by atomic mass is 16.5. The maximum absolute atomic E-state index is 12.6. The van der Waals surface area contributed by atoms with Crippen LogP contribution in [0.3, 0.4) is 0 Å². The van der Waals surface area contributed by atoms with Crippen molar-refractivity contribution in [3.05, 3.63) is 29.5 Å². The molecular weight excluding hydrogens is 332 g/mol. The molecule has 2 atom stereocenters. The fourth-order valence-corrected chi connectivity index (χ4v) is 4.39. The molecule has 2 aliphatic heterocycles. The number of amides is 1. The van der Waals surface area contributed by atoms with E-state index in [4.69, 9.17) is 9.47 Å². The summed E-state index contributed by atoms with van der Waals surface area (Å²) in [7, 11) is 1.67. The number of hydrogen-bond donors (Lipinski definition) is 1. The Morgan fingerprint density at radius 3 is 3.00 bits per heavy atom. The quantitative estimate of drug-likeness (QED) is 0.855. The van der Waals surface area contributed by atoms with E-state index < -0.39 is 0 Å². The van der Waals surface area contributed by atoms with Crippen LogP contribution in [0.5, 0.6) is 5.75 Å². The molecule has 1 fully saturated rings. The van der Waals surface area contributed by atoms with Crippen molar-refractivity contribution in [1.82, 2.24) is 9.88 Å². The van der Waals surface area contributed by atoms with E-state index in [2.05, 4.69) is 11.1 Å². The van der Waals surface area contributed by atoms with E-state index in [9.17, 15) is 9.59 Å². The summed E-state index contributed by atoms with van der Waals surface area (Å²) in [6.07, 6.45) is 2.38. The van der Waals surface area contributed by atoms with Gasteiger partial charge < -0.3 is 19.4 Å². The molecule has 0 unspecified atom stereocenters. The normalized spacial score (nSPS) is 22.1. The van der Waals surface area contributed by atoms with Crippen LogP contribution in [0.4, 0.5) is 0 Å². The van der Waals surface area contributed by atoms with Crippen LogP contribution in [0, 0.1) is 5.92 Å². The van der Waals surface area contributed by atoms with Gasteiger partial charge in [0.2, 0.25) is 5.91 Å². The first-order chi connectivity index (χ1) is 12.6. The monoisotopic (exact) mass is 356 g/mol. The number of carbonyl (C=O) groups is 2. The number of aromatic amines is 1. The molecule has 4 rings (SSSR count). The molecule has 26 heavy (non-hydrogen) atoms. The zero-order chi connectivity index (χ0) is 18.3. The zero-order valence-corrected chi connectivity index (χ0v) is 15.2. The molecule has 0 saturated carbocycles. The van der Waals surface area contributed by atoms with E-state index in [-0.39, 0.29) is 23.8 Å². The molecule has 3 heterocycles. The number of rotatable bonds is 4. The summed E-state index contributed by atoms with van der Waals surface area (Å²) in [4.78, 5) is 30.0. The third-order valence-electron chi connectivity index (χ3n) is 5.56. The van der Waals surface area contributed by atoms with Gasteiger partial charge in [0.05, 0.1) is 19.8 Å². The molecule has 2 aromatic rings. The van der Waals surface area contributed by atoms with Gasteiger partial charge in [0.25, 0.3) is 0 Å². The minimum absolute atomic E-state index is 0.0119. The van der Waals surface area contributed by atoms with Gasteiger partial charge in [0.15, 0.2) is 0 Å². The summed E-state index contributed by atoms with van der Waals surface area (Å²) in [6, 6.07) is 6.04. The SMILES string of the molecule is CCOC(=O)C[C@@H]1CC(=O)N2CCc3c([nH]c4ccc(OC)cc34)[C@@H]2C1. The van der Waals surface area contributed by atoms with Crippen molar-refractivity contribution in [3.8, 4) is 5.75 Å². The molecule has 0 aliphatic carbocycles. The molecule has 2 aliphatic rings. The Bertz CT molecular complexity index is 857. The van der Waals surface area contributed by atoms with Crippen LogP contribution in [-0.2, 0) is 20.7 Å². The maximum atomic E-state index is 12.6. The van der Waals surface area contributed by atoms with Gasteiger partial charge in [-0.05, 0) is 49.4 Å². The smallest absolute Gasteiger partial charge is 0.306 e. The van der Waals surface area contributed by atoms with Crippen molar-refractivity contribution in [2.75, 3.05) is 20.3 Å². The number of benzene rings is 1. The van der Waals surface area contributed by atoms with Crippen LogP contribution in [0.1, 0.15) is 43.5 Å². The minimum atomic E-state index is -0.212. The third-order valence-corrected chi connectivity index (χ3v) is 5.56. The minimum Gasteiger partial charge on any atom is -0.497 e. The Morgan fingerprint density at radius 2 is 2.23 bits per heavy atom. The first kappa shape index (κ1) is 16.9. The summed E-state index contributed by atoms with van der Waals surface area (Å²) >= 11 is 0. The first-order valence-corrected chi connectivity index (χ1v) is 9.24. The number of nitrogens with one attached hydrogen (secondary N) is 1. The van der Waals surface area contributed by atoms with Crippen molar-refractivity contribution in [3.63, 3.8) is 0 Å². The largest absolute Gasteiger partial charge is 0.497 e. The van der Waals surface area contributed by atoms with Gasteiger partial charge in [-0.2, -0.15) is 0 Å². The molecular formula is C20H24N2O4. The van der Waals surface area contributed by atoms with E-state index in [0.29, 0.717) is 19.4 Å². The van der Waals surface area contributed by atoms with Crippen LogP contribution in [-0.4, -0.2) is 42.0 Å². The number of nitrogens with zero attached hydrogens (tertiary/aromatic N) is 1. The second-order valence-electron chi connectivity index (χ2n) is 7.10. The van der Waals surface area contributed by atoms with Crippen molar-refractivity contribution in [2.24, 2.45) is 5.92 Å². The van der Waals surface area contributed by atoms with E-state index in [1.54, 1.807) is 14.0 Å².